The third kappa shape index (κ3) is 4.48. The van der Waals surface area contributed by atoms with Crippen molar-refractivity contribution >= 4 is 23.5 Å². The average Bonchev–Trinajstić information content (AvgIpc) is 2.31. The molecule has 0 aromatic heterocycles. The number of rotatable bonds is 5. The molecule has 0 saturated heterocycles. The van der Waals surface area contributed by atoms with E-state index in [9.17, 15) is 9.59 Å². The minimum absolute atomic E-state index is 0.0152. The summed E-state index contributed by atoms with van der Waals surface area (Å²) in [6.07, 6.45) is 5.21. The lowest BCUT2D eigenvalue weighted by molar-refractivity contribution is -0.143. The SMILES string of the molecule is C#CCN(CC(=O)O)C(=O)Cc1ccc(Cl)cc1. The molecule has 4 nitrogen and oxygen atoms in total. The molecule has 0 saturated carbocycles. The summed E-state index contributed by atoms with van der Waals surface area (Å²) in [5.41, 5.74) is 0.761. The van der Waals surface area contributed by atoms with Crippen LogP contribution in [0.15, 0.2) is 24.3 Å². The molecule has 0 atom stereocenters. The van der Waals surface area contributed by atoms with Crippen LogP contribution in [0, 0.1) is 12.3 Å². The first kappa shape index (κ1) is 14.1. The van der Waals surface area contributed by atoms with Crippen LogP contribution in [0.25, 0.3) is 0 Å². The fourth-order valence-corrected chi connectivity index (χ4v) is 1.52. The first-order chi connectivity index (χ1) is 8.52. The van der Waals surface area contributed by atoms with E-state index >= 15 is 0 Å². The maximum atomic E-state index is 11.9. The van der Waals surface area contributed by atoms with E-state index in [1.807, 2.05) is 0 Å². The van der Waals surface area contributed by atoms with Gasteiger partial charge in [0.25, 0.3) is 0 Å². The number of terminal acetylenes is 1. The number of carboxylic acids is 1. The van der Waals surface area contributed by atoms with Crippen LogP contribution < -0.4 is 0 Å². The Morgan fingerprint density at radius 3 is 2.44 bits per heavy atom. The number of halogens is 1. The predicted octanol–water partition coefficient (Wildman–Crippen LogP) is 1.43. The molecule has 18 heavy (non-hydrogen) atoms. The highest BCUT2D eigenvalue weighted by Crippen LogP contribution is 2.10. The van der Waals surface area contributed by atoms with Gasteiger partial charge in [0, 0.05) is 5.02 Å². The third-order valence-corrected chi connectivity index (χ3v) is 2.48. The summed E-state index contributed by atoms with van der Waals surface area (Å²) < 4.78 is 0. The number of amides is 1. The first-order valence-corrected chi connectivity index (χ1v) is 5.58. The molecule has 94 valence electrons. The highest BCUT2D eigenvalue weighted by atomic mass is 35.5. The summed E-state index contributed by atoms with van der Waals surface area (Å²) in [6.45, 7) is -0.407. The Labute approximate surface area is 110 Å². The second kappa shape index (κ2) is 6.67. The van der Waals surface area contributed by atoms with E-state index in [0.717, 1.165) is 10.5 Å². The number of nitrogens with zero attached hydrogens (tertiary/aromatic N) is 1. The zero-order valence-electron chi connectivity index (χ0n) is 9.60. The molecule has 0 aliphatic rings. The summed E-state index contributed by atoms with van der Waals surface area (Å²) >= 11 is 5.73. The van der Waals surface area contributed by atoms with E-state index in [2.05, 4.69) is 5.92 Å². The Bertz CT molecular complexity index is 476. The van der Waals surface area contributed by atoms with Crippen molar-refractivity contribution < 1.29 is 14.7 Å². The zero-order valence-corrected chi connectivity index (χ0v) is 10.4. The molecule has 0 unspecified atom stereocenters. The molecule has 1 aromatic carbocycles. The highest BCUT2D eigenvalue weighted by Gasteiger charge is 2.15. The fraction of sp³-hybridized carbons (Fsp3) is 0.231. The highest BCUT2D eigenvalue weighted by molar-refractivity contribution is 6.30. The topological polar surface area (TPSA) is 57.6 Å². The minimum Gasteiger partial charge on any atom is -0.480 e. The van der Waals surface area contributed by atoms with E-state index in [4.69, 9.17) is 23.1 Å². The van der Waals surface area contributed by atoms with Crippen LogP contribution in [-0.2, 0) is 16.0 Å². The van der Waals surface area contributed by atoms with Gasteiger partial charge in [-0.2, -0.15) is 0 Å². The summed E-state index contributed by atoms with van der Waals surface area (Å²) in [4.78, 5) is 23.6. The molecule has 0 spiro atoms. The number of hydrogen-bond acceptors (Lipinski definition) is 2. The largest absolute Gasteiger partial charge is 0.480 e. The van der Waals surface area contributed by atoms with Gasteiger partial charge >= 0.3 is 5.97 Å². The van der Waals surface area contributed by atoms with Gasteiger partial charge in [0.15, 0.2) is 0 Å². The molecule has 1 aromatic rings. The lowest BCUT2D eigenvalue weighted by atomic mass is 10.1. The lowest BCUT2D eigenvalue weighted by Gasteiger charge is -2.17. The molecule has 0 heterocycles. The monoisotopic (exact) mass is 265 g/mol. The van der Waals surface area contributed by atoms with Crippen molar-refractivity contribution in [3.05, 3.63) is 34.9 Å². The van der Waals surface area contributed by atoms with Crippen molar-refractivity contribution in [2.45, 2.75) is 6.42 Å². The Kier molecular flexibility index (Phi) is 5.22. The fourth-order valence-electron chi connectivity index (χ4n) is 1.39. The summed E-state index contributed by atoms with van der Waals surface area (Å²) in [6, 6.07) is 6.78. The Hall–Kier alpha value is -1.99. The molecule has 0 bridgehead atoms. The van der Waals surface area contributed by atoms with E-state index in [-0.39, 0.29) is 18.9 Å². The van der Waals surface area contributed by atoms with Crippen LogP contribution in [0.4, 0.5) is 0 Å². The van der Waals surface area contributed by atoms with Crippen LogP contribution >= 0.6 is 11.6 Å². The number of benzene rings is 1. The average molecular weight is 266 g/mol. The van der Waals surface area contributed by atoms with Crippen LogP contribution in [0.3, 0.4) is 0 Å². The third-order valence-electron chi connectivity index (χ3n) is 2.23. The summed E-state index contributed by atoms with van der Waals surface area (Å²) in [7, 11) is 0. The van der Waals surface area contributed by atoms with Crippen molar-refractivity contribution in [2.75, 3.05) is 13.1 Å². The van der Waals surface area contributed by atoms with Gasteiger partial charge in [-0.15, -0.1) is 6.42 Å². The number of carbonyl (C=O) groups excluding carboxylic acids is 1. The maximum absolute atomic E-state index is 11.9. The number of aliphatic carboxylic acids is 1. The quantitative estimate of drug-likeness (QED) is 0.820. The normalized spacial score (nSPS) is 9.56. The van der Waals surface area contributed by atoms with Crippen molar-refractivity contribution in [3.8, 4) is 12.3 Å². The van der Waals surface area contributed by atoms with Gasteiger partial charge in [-0.3, -0.25) is 9.59 Å². The molecular formula is C13H12ClNO3. The summed E-state index contributed by atoms with van der Waals surface area (Å²) in [5, 5.41) is 9.26. The molecular weight excluding hydrogens is 254 g/mol. The molecule has 0 fully saturated rings. The summed E-state index contributed by atoms with van der Waals surface area (Å²) in [5.74, 6) is 0.860. The second-order valence-corrected chi connectivity index (χ2v) is 4.09. The maximum Gasteiger partial charge on any atom is 0.323 e. The van der Waals surface area contributed by atoms with Crippen LogP contribution in [0.1, 0.15) is 5.56 Å². The number of carboxylic acid groups (broad SMARTS) is 1. The second-order valence-electron chi connectivity index (χ2n) is 3.65. The van der Waals surface area contributed by atoms with Crippen molar-refractivity contribution in [2.24, 2.45) is 0 Å². The Morgan fingerprint density at radius 2 is 1.94 bits per heavy atom. The first-order valence-electron chi connectivity index (χ1n) is 5.20. The van der Waals surface area contributed by atoms with Gasteiger partial charge in [0.2, 0.25) is 5.91 Å². The van der Waals surface area contributed by atoms with Crippen molar-refractivity contribution in [3.63, 3.8) is 0 Å². The van der Waals surface area contributed by atoms with Crippen LogP contribution in [-0.4, -0.2) is 35.0 Å². The van der Waals surface area contributed by atoms with Crippen LogP contribution in [0.2, 0.25) is 5.02 Å². The van der Waals surface area contributed by atoms with Crippen molar-refractivity contribution in [1.82, 2.24) is 4.90 Å². The Balaban J connectivity index is 2.69. The molecule has 0 aliphatic heterocycles. The standard InChI is InChI=1S/C13H12ClNO3/c1-2-7-15(9-13(17)18)12(16)8-10-3-5-11(14)6-4-10/h1,3-6H,7-9H2,(H,17,18). The van der Waals surface area contributed by atoms with Gasteiger partial charge in [-0.1, -0.05) is 29.7 Å². The number of hydrogen-bond donors (Lipinski definition) is 1. The molecule has 5 heteroatoms. The molecule has 1 rings (SSSR count). The molecule has 1 N–H and O–H groups in total. The van der Waals surface area contributed by atoms with Gasteiger partial charge in [-0.05, 0) is 17.7 Å². The molecule has 0 radical (unpaired) electrons. The molecule has 0 aliphatic carbocycles. The zero-order chi connectivity index (χ0) is 13.5. The lowest BCUT2D eigenvalue weighted by Crippen LogP contribution is -2.36. The van der Waals surface area contributed by atoms with Gasteiger partial charge < -0.3 is 10.0 Å². The van der Waals surface area contributed by atoms with Crippen molar-refractivity contribution in [1.29, 1.82) is 0 Å². The number of carbonyl (C=O) groups is 2. The van der Waals surface area contributed by atoms with Crippen LogP contribution in [0.5, 0.6) is 0 Å². The van der Waals surface area contributed by atoms with E-state index in [1.54, 1.807) is 24.3 Å². The molecule has 1 amide bonds. The van der Waals surface area contributed by atoms with E-state index in [0.29, 0.717) is 5.02 Å². The van der Waals surface area contributed by atoms with E-state index < -0.39 is 12.5 Å². The van der Waals surface area contributed by atoms with E-state index in [1.165, 1.54) is 0 Å². The minimum atomic E-state index is -1.09. The Morgan fingerprint density at radius 1 is 1.33 bits per heavy atom. The van der Waals surface area contributed by atoms with Gasteiger partial charge in [-0.25, -0.2) is 0 Å². The van der Waals surface area contributed by atoms with Gasteiger partial charge in [0.1, 0.15) is 6.54 Å². The van der Waals surface area contributed by atoms with Gasteiger partial charge in [0.05, 0.1) is 13.0 Å². The predicted molar refractivity (Wildman–Crippen MR) is 68.2 cm³/mol. The smallest absolute Gasteiger partial charge is 0.323 e.